The Bertz CT molecular complexity index is 139. The predicted molar refractivity (Wildman–Crippen MR) is 30.2 cm³/mol. The third-order valence-corrected chi connectivity index (χ3v) is 1.76. The summed E-state index contributed by atoms with van der Waals surface area (Å²) in [6.45, 7) is 0. The molecule has 1 aliphatic rings. The molecule has 1 aliphatic carbocycles. The Balaban J connectivity index is 2.49. The average Bonchev–Trinajstić information content (AvgIpc) is 2.13. The molecular weight excluding hydrogens is 142 g/mol. The summed E-state index contributed by atoms with van der Waals surface area (Å²) in [6.07, 6.45) is -3.48. The fraction of sp³-hybridized carbons (Fsp3) is 0.833. The van der Waals surface area contributed by atoms with E-state index in [-0.39, 0.29) is 12.8 Å². The van der Waals surface area contributed by atoms with Gasteiger partial charge in [0.15, 0.2) is 0 Å². The van der Waals surface area contributed by atoms with Crippen molar-refractivity contribution >= 4 is 5.97 Å². The fourth-order valence-electron chi connectivity index (χ4n) is 1.14. The molecule has 1 N–H and O–H groups in total. The lowest BCUT2D eigenvalue weighted by atomic mass is 10.1. The lowest BCUT2D eigenvalue weighted by Crippen LogP contribution is -2.09. The summed E-state index contributed by atoms with van der Waals surface area (Å²) in [7, 11) is 0. The number of hydrogen-bond donors (Lipinski definition) is 1. The van der Waals surface area contributed by atoms with E-state index < -0.39 is 24.2 Å². The maximum Gasteiger partial charge on any atom is 0.306 e. The molecule has 58 valence electrons. The molecule has 1 rings (SSSR count). The molecule has 0 saturated heterocycles. The summed E-state index contributed by atoms with van der Waals surface area (Å²) < 4.78 is 24.6. The SMILES string of the molecule is O=C(O)C1CC(F)C(F)C1. The van der Waals surface area contributed by atoms with Gasteiger partial charge in [-0.05, 0) is 12.8 Å². The molecule has 10 heavy (non-hydrogen) atoms. The van der Waals surface area contributed by atoms with E-state index in [2.05, 4.69) is 0 Å². The summed E-state index contributed by atoms with van der Waals surface area (Å²) in [5.74, 6) is -1.91. The van der Waals surface area contributed by atoms with Crippen molar-refractivity contribution in [2.24, 2.45) is 5.92 Å². The van der Waals surface area contributed by atoms with Crippen LogP contribution in [0.1, 0.15) is 12.8 Å². The number of rotatable bonds is 1. The minimum atomic E-state index is -1.57. The second-order valence-corrected chi connectivity index (χ2v) is 2.54. The molecule has 0 aromatic carbocycles. The van der Waals surface area contributed by atoms with Gasteiger partial charge in [0.05, 0.1) is 5.92 Å². The van der Waals surface area contributed by atoms with Gasteiger partial charge in [-0.3, -0.25) is 4.79 Å². The molecule has 0 aliphatic heterocycles. The van der Waals surface area contributed by atoms with Crippen LogP contribution in [0.3, 0.4) is 0 Å². The van der Waals surface area contributed by atoms with Crippen LogP contribution in [-0.2, 0) is 4.79 Å². The van der Waals surface area contributed by atoms with Gasteiger partial charge in [-0.15, -0.1) is 0 Å². The van der Waals surface area contributed by atoms with Crippen LogP contribution < -0.4 is 0 Å². The molecule has 0 spiro atoms. The number of aliphatic carboxylic acids is 1. The van der Waals surface area contributed by atoms with E-state index in [0.29, 0.717) is 0 Å². The maximum atomic E-state index is 12.3. The topological polar surface area (TPSA) is 37.3 Å². The zero-order valence-electron chi connectivity index (χ0n) is 5.26. The highest BCUT2D eigenvalue weighted by Gasteiger charge is 2.38. The second kappa shape index (κ2) is 2.52. The molecule has 4 heteroatoms. The van der Waals surface area contributed by atoms with Crippen molar-refractivity contribution in [2.75, 3.05) is 0 Å². The monoisotopic (exact) mass is 150 g/mol. The third kappa shape index (κ3) is 1.25. The predicted octanol–water partition coefficient (Wildman–Crippen LogP) is 1.16. The summed E-state index contributed by atoms with van der Waals surface area (Å²) in [5.41, 5.74) is 0. The zero-order chi connectivity index (χ0) is 7.72. The first-order valence-electron chi connectivity index (χ1n) is 3.12. The minimum absolute atomic E-state index is 0.170. The van der Waals surface area contributed by atoms with Gasteiger partial charge >= 0.3 is 5.97 Å². The Morgan fingerprint density at radius 3 is 1.90 bits per heavy atom. The highest BCUT2D eigenvalue weighted by molar-refractivity contribution is 5.70. The first-order chi connectivity index (χ1) is 4.61. The Labute approximate surface area is 56.8 Å². The molecule has 0 amide bonds. The van der Waals surface area contributed by atoms with Crippen molar-refractivity contribution in [3.63, 3.8) is 0 Å². The van der Waals surface area contributed by atoms with Crippen molar-refractivity contribution in [3.8, 4) is 0 Å². The summed E-state index contributed by atoms with van der Waals surface area (Å²) in [6, 6.07) is 0. The van der Waals surface area contributed by atoms with Gasteiger partial charge in [0.1, 0.15) is 12.3 Å². The van der Waals surface area contributed by atoms with E-state index in [0.717, 1.165) is 0 Å². The molecule has 0 radical (unpaired) electrons. The molecule has 1 fully saturated rings. The van der Waals surface area contributed by atoms with Crippen LogP contribution in [0.25, 0.3) is 0 Å². The van der Waals surface area contributed by atoms with E-state index in [1.165, 1.54) is 0 Å². The van der Waals surface area contributed by atoms with Gasteiger partial charge in [0, 0.05) is 0 Å². The third-order valence-electron chi connectivity index (χ3n) is 1.76. The lowest BCUT2D eigenvalue weighted by Gasteiger charge is -1.97. The van der Waals surface area contributed by atoms with Gasteiger partial charge < -0.3 is 5.11 Å². The number of carboxylic acid groups (broad SMARTS) is 1. The zero-order valence-corrected chi connectivity index (χ0v) is 5.26. The number of hydrogen-bond acceptors (Lipinski definition) is 1. The minimum Gasteiger partial charge on any atom is -0.481 e. The molecule has 0 heterocycles. The van der Waals surface area contributed by atoms with Crippen molar-refractivity contribution < 1.29 is 18.7 Å². The highest BCUT2D eigenvalue weighted by Crippen LogP contribution is 2.30. The normalized spacial score (nSPS) is 40.0. The standard InChI is InChI=1S/C6H8F2O2/c7-4-1-3(6(9)10)2-5(4)8/h3-5H,1-2H2,(H,9,10). The van der Waals surface area contributed by atoms with Crippen LogP contribution >= 0.6 is 0 Å². The van der Waals surface area contributed by atoms with Crippen molar-refractivity contribution in [2.45, 2.75) is 25.2 Å². The Morgan fingerprint density at radius 2 is 1.70 bits per heavy atom. The maximum absolute atomic E-state index is 12.3. The van der Waals surface area contributed by atoms with Crippen LogP contribution in [0.4, 0.5) is 8.78 Å². The molecule has 2 nitrogen and oxygen atoms in total. The number of carboxylic acids is 1. The van der Waals surface area contributed by atoms with Crippen LogP contribution in [-0.4, -0.2) is 23.4 Å². The van der Waals surface area contributed by atoms with E-state index in [1.807, 2.05) is 0 Å². The van der Waals surface area contributed by atoms with Crippen LogP contribution in [0, 0.1) is 5.92 Å². The molecule has 1 saturated carbocycles. The quantitative estimate of drug-likeness (QED) is 0.608. The molecule has 0 bridgehead atoms. The Kier molecular flexibility index (Phi) is 1.87. The van der Waals surface area contributed by atoms with Crippen molar-refractivity contribution in [1.82, 2.24) is 0 Å². The first-order valence-corrected chi connectivity index (χ1v) is 3.12. The lowest BCUT2D eigenvalue weighted by molar-refractivity contribution is -0.141. The number of alkyl halides is 2. The van der Waals surface area contributed by atoms with Crippen LogP contribution in [0.2, 0.25) is 0 Å². The van der Waals surface area contributed by atoms with Gasteiger partial charge in [0.2, 0.25) is 0 Å². The first kappa shape index (κ1) is 7.44. The number of carbonyl (C=O) groups is 1. The molecule has 0 aromatic rings. The number of halogens is 2. The summed E-state index contributed by atoms with van der Waals surface area (Å²) >= 11 is 0. The van der Waals surface area contributed by atoms with E-state index in [4.69, 9.17) is 5.11 Å². The van der Waals surface area contributed by atoms with Gasteiger partial charge in [-0.2, -0.15) is 0 Å². The van der Waals surface area contributed by atoms with Gasteiger partial charge in [-0.1, -0.05) is 0 Å². The average molecular weight is 150 g/mol. The fourth-order valence-corrected chi connectivity index (χ4v) is 1.14. The largest absolute Gasteiger partial charge is 0.481 e. The summed E-state index contributed by atoms with van der Waals surface area (Å²) in [4.78, 5) is 10.2. The summed E-state index contributed by atoms with van der Waals surface area (Å²) in [5, 5.41) is 8.32. The molecular formula is C6H8F2O2. The van der Waals surface area contributed by atoms with Gasteiger partial charge in [-0.25, -0.2) is 8.78 Å². The van der Waals surface area contributed by atoms with Gasteiger partial charge in [0.25, 0.3) is 0 Å². The molecule has 2 unspecified atom stereocenters. The second-order valence-electron chi connectivity index (χ2n) is 2.54. The van der Waals surface area contributed by atoms with Crippen LogP contribution in [0.15, 0.2) is 0 Å². The van der Waals surface area contributed by atoms with E-state index >= 15 is 0 Å². The Morgan fingerprint density at radius 1 is 1.30 bits per heavy atom. The molecule has 2 atom stereocenters. The van der Waals surface area contributed by atoms with E-state index in [1.54, 1.807) is 0 Å². The van der Waals surface area contributed by atoms with Crippen LogP contribution in [0.5, 0.6) is 0 Å². The van der Waals surface area contributed by atoms with E-state index in [9.17, 15) is 13.6 Å². The van der Waals surface area contributed by atoms with Crippen molar-refractivity contribution in [3.05, 3.63) is 0 Å². The Hall–Kier alpha value is -0.670. The highest BCUT2D eigenvalue weighted by atomic mass is 19.2. The van der Waals surface area contributed by atoms with Crippen molar-refractivity contribution in [1.29, 1.82) is 0 Å². The smallest absolute Gasteiger partial charge is 0.306 e. The molecule has 0 aromatic heterocycles.